The summed E-state index contributed by atoms with van der Waals surface area (Å²) >= 11 is 3.57. The van der Waals surface area contributed by atoms with Gasteiger partial charge < -0.3 is 4.57 Å². The molecule has 560 valence electrons. The van der Waals surface area contributed by atoms with E-state index in [0.29, 0.717) is 35.3 Å². The minimum atomic E-state index is 0.568. The zero-order chi connectivity index (χ0) is 78.9. The predicted molar refractivity (Wildman–Crippen MR) is 501 cm³/mol. The van der Waals surface area contributed by atoms with Crippen molar-refractivity contribution in [2.45, 2.75) is 0 Å². The molecular formula is C108H66N10S2. The van der Waals surface area contributed by atoms with Crippen LogP contribution >= 0.6 is 22.7 Å². The number of aromatic nitrogens is 10. The molecule has 0 amide bonds. The zero-order valence-electron chi connectivity index (χ0n) is 64.4. The minimum Gasteiger partial charge on any atom is -0.309 e. The van der Waals surface area contributed by atoms with Crippen molar-refractivity contribution in [3.63, 3.8) is 0 Å². The fourth-order valence-electron chi connectivity index (χ4n) is 18.1. The van der Waals surface area contributed by atoms with Crippen molar-refractivity contribution in [1.82, 2.24) is 48.2 Å². The van der Waals surface area contributed by atoms with Gasteiger partial charge in [0, 0.05) is 106 Å². The topological polar surface area (TPSA) is 97.1 Å². The second kappa shape index (κ2) is 28.1. The number of thiophene rings is 2. The van der Waals surface area contributed by atoms with Gasteiger partial charge in [0.25, 0.3) is 0 Å². The molecule has 17 aromatic carbocycles. The summed E-state index contributed by atoms with van der Waals surface area (Å²) in [5.74, 6) is 3.58. The van der Waals surface area contributed by atoms with Crippen molar-refractivity contribution in [3.05, 3.63) is 400 Å². The van der Waals surface area contributed by atoms with Gasteiger partial charge in [-0.05, 0) is 154 Å². The van der Waals surface area contributed by atoms with Crippen LogP contribution in [-0.2, 0) is 0 Å². The van der Waals surface area contributed by atoms with Crippen molar-refractivity contribution >= 4 is 150 Å². The van der Waals surface area contributed by atoms with Gasteiger partial charge in [-0.2, -0.15) is 24.9 Å². The second-order valence-electron chi connectivity index (χ2n) is 30.5. The quantitative estimate of drug-likeness (QED) is 0.128. The minimum absolute atomic E-state index is 0.568. The lowest BCUT2D eigenvalue weighted by Crippen LogP contribution is -2.10. The van der Waals surface area contributed by atoms with Crippen LogP contribution in [0, 0.1) is 0 Å². The Balaban J connectivity index is 0.000000137. The summed E-state index contributed by atoms with van der Waals surface area (Å²) in [7, 11) is 0. The van der Waals surface area contributed by atoms with E-state index in [1.807, 2.05) is 0 Å². The average molecular weight is 1570 g/mol. The molecule has 0 atom stereocenters. The molecule has 0 aliphatic carbocycles. The standard InChI is InChI=1S/C57H35N5S.C51H31N5S/c1-3-15-36(16-4-1)38-29-31-51-47(34-38)42-21-7-10-26-49(42)61(51)41-20-13-19-40(33-41)55-58-56(46-25-14-24-45-44-23-9-12-28-53(44)63-54(45)46)60-57(59-55)62-50-27-11-8-22-43(50)48-35-39(30-32-52(48)62)37-17-5-2-6-18-37;1-3-14-32(15-4-1)34-26-28-45-41(30-34)36-18-7-10-23-43(36)55(45)50-52-49(40-22-13-21-39-38-20-9-12-25-47(38)57-48(39)40)53-51(54-50)56-44-24-11-8-19-37(44)42-31-35(27-29-46(42)56)33-16-5-2-6-17-33/h1-35H;1-31H. The first kappa shape index (κ1) is 68.8. The third kappa shape index (κ3) is 11.4. The van der Waals surface area contributed by atoms with E-state index in [9.17, 15) is 0 Å². The number of hydrogen-bond donors (Lipinski definition) is 0. The van der Waals surface area contributed by atoms with Crippen LogP contribution in [0.4, 0.5) is 0 Å². The van der Waals surface area contributed by atoms with Crippen LogP contribution in [0.2, 0.25) is 0 Å². The normalized spacial score (nSPS) is 11.8. The SMILES string of the molecule is c1ccc(-c2ccc3c(c2)c2ccccc2n3-c2cccc(-c3nc(-c4cccc5c4sc4ccccc45)nc(-n4c5ccccc5c5cc(-c6ccccc6)ccc54)n3)c2)cc1.c1ccc(-c2ccc3c(c2)c2ccccc2n3-c2nc(-c3cccc4c3sc3ccccc34)nc(-n3c4ccccc4c4cc(-c5ccccc5)ccc43)n2)cc1. The van der Waals surface area contributed by atoms with Crippen LogP contribution in [0.1, 0.15) is 0 Å². The Bertz CT molecular complexity index is 8250. The first-order chi connectivity index (χ1) is 59.5. The maximum absolute atomic E-state index is 5.44. The third-order valence-corrected chi connectivity index (χ3v) is 26.0. The van der Waals surface area contributed by atoms with Crippen LogP contribution in [0.5, 0.6) is 0 Å². The maximum Gasteiger partial charge on any atom is 0.240 e. The van der Waals surface area contributed by atoms with Crippen molar-refractivity contribution < 1.29 is 0 Å². The Hall–Kier alpha value is -15.6. The monoisotopic (exact) mass is 1570 g/mol. The summed E-state index contributed by atoms with van der Waals surface area (Å²) in [5.41, 5.74) is 21.8. The Morgan fingerprint density at radius 2 is 0.450 bits per heavy atom. The van der Waals surface area contributed by atoms with E-state index in [0.717, 1.165) is 114 Å². The lowest BCUT2D eigenvalue weighted by Gasteiger charge is -2.13. The fraction of sp³-hybridized carbons (Fsp3) is 0. The maximum atomic E-state index is 5.44. The number of fused-ring (bicyclic) bond motifs is 18. The molecule has 0 aliphatic rings. The largest absolute Gasteiger partial charge is 0.309 e. The van der Waals surface area contributed by atoms with Crippen LogP contribution in [0.15, 0.2) is 400 Å². The molecule has 25 rings (SSSR count). The van der Waals surface area contributed by atoms with Gasteiger partial charge in [0.1, 0.15) is 0 Å². The van der Waals surface area contributed by atoms with Gasteiger partial charge in [-0.1, -0.05) is 291 Å². The molecule has 0 saturated carbocycles. The van der Waals surface area contributed by atoms with E-state index in [-0.39, 0.29) is 0 Å². The molecule has 0 N–H and O–H groups in total. The molecule has 0 radical (unpaired) electrons. The van der Waals surface area contributed by atoms with Gasteiger partial charge in [-0.25, -0.2) is 4.98 Å². The third-order valence-electron chi connectivity index (χ3n) is 23.6. The van der Waals surface area contributed by atoms with Gasteiger partial charge in [0.2, 0.25) is 17.8 Å². The van der Waals surface area contributed by atoms with E-state index in [4.69, 9.17) is 29.9 Å². The summed E-state index contributed by atoms with van der Waals surface area (Å²) in [6, 6.07) is 142. The van der Waals surface area contributed by atoms with Crippen molar-refractivity contribution in [2.75, 3.05) is 0 Å². The van der Waals surface area contributed by atoms with Gasteiger partial charge in [0.15, 0.2) is 17.5 Å². The Morgan fingerprint density at radius 3 is 0.842 bits per heavy atom. The van der Waals surface area contributed by atoms with Crippen LogP contribution in [-0.4, -0.2) is 48.2 Å². The second-order valence-corrected chi connectivity index (χ2v) is 32.6. The van der Waals surface area contributed by atoms with Crippen LogP contribution < -0.4 is 0 Å². The zero-order valence-corrected chi connectivity index (χ0v) is 66.0. The molecule has 0 saturated heterocycles. The first-order valence-electron chi connectivity index (χ1n) is 40.3. The highest BCUT2D eigenvalue weighted by Gasteiger charge is 2.26. The number of para-hydroxylation sites is 4. The van der Waals surface area contributed by atoms with E-state index >= 15 is 0 Å². The summed E-state index contributed by atoms with van der Waals surface area (Å²) in [5, 5.41) is 14.2. The van der Waals surface area contributed by atoms with Gasteiger partial charge >= 0.3 is 0 Å². The summed E-state index contributed by atoms with van der Waals surface area (Å²) < 4.78 is 13.8. The Morgan fingerprint density at radius 1 is 0.167 bits per heavy atom. The molecule has 0 unspecified atom stereocenters. The Kier molecular flexibility index (Phi) is 16.1. The van der Waals surface area contributed by atoms with Crippen molar-refractivity contribution in [2.24, 2.45) is 0 Å². The smallest absolute Gasteiger partial charge is 0.240 e. The van der Waals surface area contributed by atoms with Crippen LogP contribution in [0.25, 0.3) is 230 Å². The van der Waals surface area contributed by atoms with Crippen LogP contribution in [0.3, 0.4) is 0 Å². The van der Waals surface area contributed by atoms with Crippen molar-refractivity contribution in [1.29, 1.82) is 0 Å². The molecule has 0 spiro atoms. The van der Waals surface area contributed by atoms with E-state index in [1.165, 1.54) is 80.7 Å². The summed E-state index contributed by atoms with van der Waals surface area (Å²) in [4.78, 5) is 32.4. The molecule has 120 heavy (non-hydrogen) atoms. The summed E-state index contributed by atoms with van der Waals surface area (Å²) in [6.07, 6.45) is 0. The lowest BCUT2D eigenvalue weighted by atomic mass is 10.0. The molecule has 8 aromatic heterocycles. The number of hydrogen-bond acceptors (Lipinski definition) is 8. The van der Waals surface area contributed by atoms with Crippen molar-refractivity contribution in [3.8, 4) is 102 Å². The number of nitrogens with zero attached hydrogens (tertiary/aromatic N) is 10. The summed E-state index contributed by atoms with van der Waals surface area (Å²) in [6.45, 7) is 0. The Labute approximate surface area is 696 Å². The molecule has 8 heterocycles. The highest BCUT2D eigenvalue weighted by atomic mass is 32.1. The number of benzene rings is 17. The fourth-order valence-corrected chi connectivity index (χ4v) is 20.5. The molecule has 12 heteroatoms. The molecule has 10 nitrogen and oxygen atoms in total. The first-order valence-corrected chi connectivity index (χ1v) is 41.9. The molecular weight excluding hydrogens is 1500 g/mol. The highest BCUT2D eigenvalue weighted by Crippen LogP contribution is 2.46. The number of rotatable bonds is 11. The highest BCUT2D eigenvalue weighted by molar-refractivity contribution is 7.26. The molecule has 0 aliphatic heterocycles. The van der Waals surface area contributed by atoms with E-state index in [1.54, 1.807) is 22.7 Å². The molecule has 25 aromatic rings. The van der Waals surface area contributed by atoms with Gasteiger partial charge in [-0.15, -0.1) is 22.7 Å². The van der Waals surface area contributed by atoms with E-state index < -0.39 is 0 Å². The lowest BCUT2D eigenvalue weighted by molar-refractivity contribution is 0.893. The molecule has 0 bridgehead atoms. The van der Waals surface area contributed by atoms with Gasteiger partial charge in [-0.3, -0.25) is 13.7 Å². The molecule has 0 fully saturated rings. The van der Waals surface area contributed by atoms with E-state index in [2.05, 4.69) is 419 Å². The van der Waals surface area contributed by atoms with Gasteiger partial charge in [0.05, 0.1) is 44.1 Å². The average Bonchev–Trinajstić information content (AvgIpc) is 1.47. The predicted octanol–water partition coefficient (Wildman–Crippen LogP) is 28.5.